The van der Waals surface area contributed by atoms with E-state index < -0.39 is 5.97 Å². The molecule has 2 heterocycles. The van der Waals surface area contributed by atoms with Crippen LogP contribution in [0.5, 0.6) is 0 Å². The van der Waals surface area contributed by atoms with Gasteiger partial charge in [0.2, 0.25) is 5.65 Å². The number of aromatic amines is 1. The summed E-state index contributed by atoms with van der Waals surface area (Å²) >= 11 is 0. The zero-order chi connectivity index (χ0) is 10.7. The molecule has 78 valence electrons. The lowest BCUT2D eigenvalue weighted by atomic mass is 10.1. The maximum absolute atomic E-state index is 10.3. The van der Waals surface area contributed by atoms with Crippen LogP contribution in [-0.4, -0.2) is 31.5 Å². The zero-order valence-corrected chi connectivity index (χ0v) is 7.97. The molecule has 0 unspecified atom stereocenters. The molecule has 0 saturated heterocycles. The van der Waals surface area contributed by atoms with E-state index in [1.165, 1.54) is 0 Å². The number of rotatable bonds is 4. The average molecular weight is 206 g/mol. The molecule has 15 heavy (non-hydrogen) atoms. The summed E-state index contributed by atoms with van der Waals surface area (Å²) in [6, 6.07) is 1.87. The first-order valence-corrected chi connectivity index (χ1v) is 4.63. The molecule has 0 bridgehead atoms. The Morgan fingerprint density at radius 2 is 2.33 bits per heavy atom. The van der Waals surface area contributed by atoms with E-state index in [0.717, 1.165) is 5.56 Å². The molecule has 2 aromatic heterocycles. The Balaban J connectivity index is 2.04. The van der Waals surface area contributed by atoms with Gasteiger partial charge in [-0.25, -0.2) is 4.98 Å². The summed E-state index contributed by atoms with van der Waals surface area (Å²) in [7, 11) is 0. The van der Waals surface area contributed by atoms with E-state index in [4.69, 9.17) is 5.11 Å². The lowest BCUT2D eigenvalue weighted by Gasteiger charge is -1.97. The summed E-state index contributed by atoms with van der Waals surface area (Å²) < 4.78 is 0. The topological polar surface area (TPSA) is 91.8 Å². The Bertz CT molecular complexity index is 480. The molecule has 0 aliphatic rings. The van der Waals surface area contributed by atoms with Crippen LogP contribution in [0, 0.1) is 0 Å². The molecule has 6 nitrogen and oxygen atoms in total. The Morgan fingerprint density at radius 1 is 1.47 bits per heavy atom. The third-order valence-electron chi connectivity index (χ3n) is 2.09. The third-order valence-corrected chi connectivity index (χ3v) is 2.09. The first-order chi connectivity index (χ1) is 7.25. The number of H-pyrrole nitrogens is 1. The van der Waals surface area contributed by atoms with E-state index >= 15 is 0 Å². The van der Waals surface area contributed by atoms with Gasteiger partial charge in [-0.2, -0.15) is 10.3 Å². The summed E-state index contributed by atoms with van der Waals surface area (Å²) in [6.45, 7) is 0. The van der Waals surface area contributed by atoms with Crippen molar-refractivity contribution in [1.29, 1.82) is 0 Å². The minimum absolute atomic E-state index is 0.177. The summed E-state index contributed by atoms with van der Waals surface area (Å²) in [5.74, 6) is -0.773. The molecule has 0 fully saturated rings. The van der Waals surface area contributed by atoms with Gasteiger partial charge in [0.25, 0.3) is 0 Å². The highest BCUT2D eigenvalue weighted by Crippen LogP contribution is 2.09. The maximum atomic E-state index is 10.3. The van der Waals surface area contributed by atoms with E-state index in [2.05, 4.69) is 20.4 Å². The van der Waals surface area contributed by atoms with Gasteiger partial charge in [-0.3, -0.25) is 4.79 Å². The van der Waals surface area contributed by atoms with E-state index in [9.17, 15) is 4.79 Å². The summed E-state index contributed by atoms with van der Waals surface area (Å²) in [4.78, 5) is 14.4. The minimum Gasteiger partial charge on any atom is -0.481 e. The molecule has 0 aliphatic carbocycles. The van der Waals surface area contributed by atoms with Crippen molar-refractivity contribution < 1.29 is 9.90 Å². The molecular formula is C9H10N4O2. The van der Waals surface area contributed by atoms with Gasteiger partial charge in [0.1, 0.15) is 5.52 Å². The van der Waals surface area contributed by atoms with Crippen molar-refractivity contribution in [3.63, 3.8) is 0 Å². The van der Waals surface area contributed by atoms with Gasteiger partial charge in [0.15, 0.2) is 0 Å². The van der Waals surface area contributed by atoms with Gasteiger partial charge in [0, 0.05) is 12.6 Å². The Hall–Kier alpha value is -1.98. The second kappa shape index (κ2) is 4.04. The zero-order valence-electron chi connectivity index (χ0n) is 7.97. The Kier molecular flexibility index (Phi) is 2.57. The van der Waals surface area contributed by atoms with Crippen molar-refractivity contribution in [2.24, 2.45) is 0 Å². The molecule has 0 amide bonds. The maximum Gasteiger partial charge on any atom is 0.303 e. The number of carboxylic acids is 1. The highest BCUT2D eigenvalue weighted by Gasteiger charge is 2.02. The van der Waals surface area contributed by atoms with Crippen LogP contribution < -0.4 is 0 Å². The molecule has 2 rings (SSSR count). The van der Waals surface area contributed by atoms with Crippen molar-refractivity contribution >= 4 is 17.1 Å². The van der Waals surface area contributed by atoms with Crippen LogP contribution in [0.3, 0.4) is 0 Å². The highest BCUT2D eigenvalue weighted by molar-refractivity contribution is 5.69. The lowest BCUT2D eigenvalue weighted by molar-refractivity contribution is -0.137. The van der Waals surface area contributed by atoms with Crippen LogP contribution in [-0.2, 0) is 11.2 Å². The molecular weight excluding hydrogens is 196 g/mol. The minimum atomic E-state index is -0.773. The first kappa shape index (κ1) is 9.57. The third kappa shape index (κ3) is 2.28. The van der Waals surface area contributed by atoms with Gasteiger partial charge in [-0.05, 0) is 24.5 Å². The van der Waals surface area contributed by atoms with Crippen LogP contribution in [0.15, 0.2) is 12.3 Å². The van der Waals surface area contributed by atoms with E-state index in [-0.39, 0.29) is 6.42 Å². The number of aryl methyl sites for hydroxylation is 1. The van der Waals surface area contributed by atoms with Gasteiger partial charge < -0.3 is 5.11 Å². The first-order valence-electron chi connectivity index (χ1n) is 4.63. The number of carboxylic acid groups (broad SMARTS) is 1. The van der Waals surface area contributed by atoms with Crippen molar-refractivity contribution in [2.45, 2.75) is 19.3 Å². The molecule has 0 aromatic carbocycles. The molecule has 6 heteroatoms. The number of aliphatic carboxylic acids is 1. The van der Waals surface area contributed by atoms with E-state index in [1.807, 2.05) is 6.07 Å². The standard InChI is InChI=1S/C9H10N4O2/c14-8(15)3-1-2-6-4-7-9(10-5-6)12-13-11-7/h4-5H,1-3H2,(H,14,15)(H,10,11,12,13). The van der Waals surface area contributed by atoms with Crippen LogP contribution in [0.1, 0.15) is 18.4 Å². The van der Waals surface area contributed by atoms with E-state index in [0.29, 0.717) is 24.0 Å². The number of nitrogens with zero attached hydrogens (tertiary/aromatic N) is 3. The predicted molar refractivity (Wildman–Crippen MR) is 52.3 cm³/mol. The van der Waals surface area contributed by atoms with Crippen molar-refractivity contribution in [3.8, 4) is 0 Å². The summed E-state index contributed by atoms with van der Waals surface area (Å²) in [6.07, 6.45) is 3.19. The number of hydrogen-bond donors (Lipinski definition) is 2. The van der Waals surface area contributed by atoms with Crippen LogP contribution in [0.4, 0.5) is 0 Å². The van der Waals surface area contributed by atoms with E-state index in [1.54, 1.807) is 6.20 Å². The molecule has 0 spiro atoms. The molecule has 0 aliphatic heterocycles. The lowest BCUT2D eigenvalue weighted by Crippen LogP contribution is -1.96. The SMILES string of the molecule is O=C(O)CCCc1cnc2n[nH]nc2c1. The fraction of sp³-hybridized carbons (Fsp3) is 0.333. The molecule has 0 saturated carbocycles. The highest BCUT2D eigenvalue weighted by atomic mass is 16.4. The molecule has 2 aromatic rings. The largest absolute Gasteiger partial charge is 0.481 e. The van der Waals surface area contributed by atoms with Crippen LogP contribution >= 0.6 is 0 Å². The quantitative estimate of drug-likeness (QED) is 0.770. The number of hydrogen-bond acceptors (Lipinski definition) is 4. The summed E-state index contributed by atoms with van der Waals surface area (Å²) in [5, 5.41) is 18.7. The Morgan fingerprint density at radius 3 is 3.13 bits per heavy atom. The molecule has 0 radical (unpaired) electrons. The fourth-order valence-corrected chi connectivity index (χ4v) is 1.36. The Labute approximate surface area is 85.3 Å². The van der Waals surface area contributed by atoms with Crippen molar-refractivity contribution in [1.82, 2.24) is 20.4 Å². The second-order valence-corrected chi connectivity index (χ2v) is 3.26. The number of aromatic nitrogens is 4. The van der Waals surface area contributed by atoms with Gasteiger partial charge >= 0.3 is 5.97 Å². The van der Waals surface area contributed by atoms with Crippen molar-refractivity contribution in [2.75, 3.05) is 0 Å². The fourth-order valence-electron chi connectivity index (χ4n) is 1.36. The number of carbonyl (C=O) groups is 1. The second-order valence-electron chi connectivity index (χ2n) is 3.26. The van der Waals surface area contributed by atoms with Gasteiger partial charge in [-0.15, -0.1) is 5.10 Å². The smallest absolute Gasteiger partial charge is 0.303 e. The average Bonchev–Trinajstić information content (AvgIpc) is 2.64. The van der Waals surface area contributed by atoms with Gasteiger partial charge in [-0.1, -0.05) is 0 Å². The number of nitrogens with one attached hydrogen (secondary N) is 1. The van der Waals surface area contributed by atoms with Crippen molar-refractivity contribution in [3.05, 3.63) is 17.8 Å². The van der Waals surface area contributed by atoms with Gasteiger partial charge in [0.05, 0.1) is 0 Å². The summed E-state index contributed by atoms with van der Waals surface area (Å²) in [5.41, 5.74) is 2.28. The number of fused-ring (bicyclic) bond motifs is 1. The van der Waals surface area contributed by atoms with Crippen LogP contribution in [0.2, 0.25) is 0 Å². The molecule has 2 N–H and O–H groups in total. The number of pyridine rings is 1. The van der Waals surface area contributed by atoms with Crippen LogP contribution in [0.25, 0.3) is 11.2 Å². The predicted octanol–water partition coefficient (Wildman–Crippen LogP) is 0.760. The monoisotopic (exact) mass is 206 g/mol. The normalized spacial score (nSPS) is 10.7. The molecule has 0 atom stereocenters.